The maximum absolute atomic E-state index is 5.77. The summed E-state index contributed by atoms with van der Waals surface area (Å²) in [5, 5.41) is 2.28. The fourth-order valence-corrected chi connectivity index (χ4v) is 4.48. The highest BCUT2D eigenvalue weighted by Gasteiger charge is 2.26. The van der Waals surface area contributed by atoms with Crippen LogP contribution in [0.2, 0.25) is 0 Å². The van der Waals surface area contributed by atoms with Crippen LogP contribution in [0.4, 0.5) is 0 Å². The van der Waals surface area contributed by atoms with Crippen LogP contribution in [-0.2, 0) is 13.6 Å². The van der Waals surface area contributed by atoms with Gasteiger partial charge in [0.15, 0.2) is 11.5 Å². The van der Waals surface area contributed by atoms with E-state index in [2.05, 4.69) is 37.8 Å². The van der Waals surface area contributed by atoms with Gasteiger partial charge in [-0.05, 0) is 36.2 Å². The molecule has 3 N–H and O–H groups in total. The van der Waals surface area contributed by atoms with Crippen molar-refractivity contribution < 1.29 is 9.47 Å². The predicted molar refractivity (Wildman–Crippen MR) is 119 cm³/mol. The Morgan fingerprint density at radius 2 is 1.90 bits per heavy atom. The van der Waals surface area contributed by atoms with Gasteiger partial charge in [0.2, 0.25) is 0 Å². The zero-order chi connectivity index (χ0) is 20.8. The van der Waals surface area contributed by atoms with Gasteiger partial charge in [0.25, 0.3) is 0 Å². The quantitative estimate of drug-likeness (QED) is 0.515. The molecule has 0 amide bonds. The molecule has 0 atom stereocenters. The maximum Gasteiger partial charge on any atom is 0.162 e. The number of likely N-dealkylation sites (tertiary alicyclic amines) is 1. The molecule has 1 fully saturated rings. The average molecular weight is 406 g/mol. The van der Waals surface area contributed by atoms with Crippen LogP contribution >= 0.6 is 0 Å². The number of hydrogen-bond donors (Lipinski definition) is 2. The Kier molecular flexibility index (Phi) is 4.64. The van der Waals surface area contributed by atoms with E-state index >= 15 is 0 Å². The third-order valence-electron chi connectivity index (χ3n) is 6.17. The smallest absolute Gasteiger partial charge is 0.162 e. The van der Waals surface area contributed by atoms with E-state index in [1.54, 1.807) is 14.2 Å². The van der Waals surface area contributed by atoms with Crippen molar-refractivity contribution in [3.05, 3.63) is 42.2 Å². The van der Waals surface area contributed by atoms with Crippen LogP contribution in [-0.4, -0.2) is 53.3 Å². The van der Waals surface area contributed by atoms with Gasteiger partial charge in [0.05, 0.1) is 19.7 Å². The van der Waals surface area contributed by atoms with Crippen molar-refractivity contribution in [2.24, 2.45) is 18.7 Å². The standard InChI is InChI=1S/C23H27N5O2/c1-27-13-18(17-7-21(29-2)22(30-3)8-20(17)27)19-6-16-15(4-5-25-23(16)26-19)12-28-10-14(9-24)11-28/h4-8,13-14H,9-12,24H2,1-3H3,(H,25,26). The molecular weight excluding hydrogens is 378 g/mol. The summed E-state index contributed by atoms with van der Waals surface area (Å²) < 4.78 is 13.1. The number of rotatable bonds is 6. The lowest BCUT2D eigenvalue weighted by Gasteiger charge is -2.38. The number of benzene rings is 1. The first-order valence-electron chi connectivity index (χ1n) is 10.2. The first kappa shape index (κ1) is 19.0. The summed E-state index contributed by atoms with van der Waals surface area (Å²) >= 11 is 0. The molecule has 4 heterocycles. The highest BCUT2D eigenvalue weighted by Crippen LogP contribution is 2.38. The van der Waals surface area contributed by atoms with Gasteiger partial charge in [0.1, 0.15) is 5.65 Å². The van der Waals surface area contributed by atoms with E-state index in [4.69, 9.17) is 15.2 Å². The minimum absolute atomic E-state index is 0.631. The molecule has 1 saturated heterocycles. The Morgan fingerprint density at radius 1 is 1.13 bits per heavy atom. The lowest BCUT2D eigenvalue weighted by atomic mass is 9.99. The number of aryl methyl sites for hydroxylation is 1. The molecule has 0 radical (unpaired) electrons. The number of aromatic amines is 1. The van der Waals surface area contributed by atoms with Crippen LogP contribution in [0.1, 0.15) is 5.56 Å². The number of pyridine rings is 1. The molecule has 0 saturated carbocycles. The number of H-pyrrole nitrogens is 1. The average Bonchev–Trinajstić information content (AvgIpc) is 3.30. The first-order valence-corrected chi connectivity index (χ1v) is 10.2. The van der Waals surface area contributed by atoms with Gasteiger partial charge in [-0.2, -0.15) is 0 Å². The second-order valence-corrected chi connectivity index (χ2v) is 8.09. The van der Waals surface area contributed by atoms with Gasteiger partial charge in [-0.15, -0.1) is 0 Å². The largest absolute Gasteiger partial charge is 0.493 e. The van der Waals surface area contributed by atoms with E-state index in [1.807, 2.05) is 25.4 Å². The van der Waals surface area contributed by atoms with Gasteiger partial charge in [0, 0.05) is 67.2 Å². The molecule has 0 bridgehead atoms. The van der Waals surface area contributed by atoms with E-state index < -0.39 is 0 Å². The Bertz CT molecular complexity index is 1220. The topological polar surface area (TPSA) is 81.3 Å². The Morgan fingerprint density at radius 3 is 2.63 bits per heavy atom. The van der Waals surface area contributed by atoms with Gasteiger partial charge in [-0.1, -0.05) is 0 Å². The fraction of sp³-hybridized carbons (Fsp3) is 0.348. The Hall–Kier alpha value is -3.03. The molecule has 5 rings (SSSR count). The van der Waals surface area contributed by atoms with E-state index in [9.17, 15) is 0 Å². The molecule has 0 unspecified atom stereocenters. The molecule has 30 heavy (non-hydrogen) atoms. The molecule has 7 nitrogen and oxygen atoms in total. The molecular formula is C23H27N5O2. The van der Waals surface area contributed by atoms with Crippen LogP contribution in [0.25, 0.3) is 33.2 Å². The van der Waals surface area contributed by atoms with Crippen molar-refractivity contribution in [2.75, 3.05) is 33.9 Å². The summed E-state index contributed by atoms with van der Waals surface area (Å²) in [4.78, 5) is 10.5. The van der Waals surface area contributed by atoms with Gasteiger partial charge < -0.3 is 24.8 Å². The predicted octanol–water partition coefficient (Wildman–Crippen LogP) is 3.13. The molecule has 1 aromatic carbocycles. The van der Waals surface area contributed by atoms with Crippen molar-refractivity contribution in [3.8, 4) is 22.8 Å². The third kappa shape index (κ3) is 3.02. The lowest BCUT2D eigenvalue weighted by molar-refractivity contribution is 0.0984. The number of hydrogen-bond acceptors (Lipinski definition) is 5. The molecule has 0 spiro atoms. The van der Waals surface area contributed by atoms with E-state index in [-0.39, 0.29) is 0 Å². The van der Waals surface area contributed by atoms with Crippen LogP contribution in [0, 0.1) is 5.92 Å². The molecule has 1 aliphatic heterocycles. The molecule has 7 heteroatoms. The summed E-state index contributed by atoms with van der Waals surface area (Å²) in [6, 6.07) is 8.38. The van der Waals surface area contributed by atoms with E-state index in [1.165, 1.54) is 10.9 Å². The zero-order valence-electron chi connectivity index (χ0n) is 17.6. The maximum atomic E-state index is 5.77. The molecule has 0 aliphatic carbocycles. The van der Waals surface area contributed by atoms with Gasteiger partial charge in [-0.25, -0.2) is 4.98 Å². The Balaban J connectivity index is 1.57. The summed E-state index contributed by atoms with van der Waals surface area (Å²) in [5.41, 5.74) is 11.2. The number of fused-ring (bicyclic) bond motifs is 2. The van der Waals surface area contributed by atoms with Crippen molar-refractivity contribution in [2.45, 2.75) is 6.54 Å². The number of ether oxygens (including phenoxy) is 2. The van der Waals surface area contributed by atoms with Gasteiger partial charge >= 0.3 is 0 Å². The monoisotopic (exact) mass is 405 g/mol. The second-order valence-electron chi connectivity index (χ2n) is 8.09. The number of nitrogens with two attached hydrogens (primary N) is 1. The number of nitrogens with one attached hydrogen (secondary N) is 1. The van der Waals surface area contributed by atoms with Crippen molar-refractivity contribution in [1.82, 2.24) is 19.4 Å². The number of nitrogens with zero attached hydrogens (tertiary/aromatic N) is 3. The molecule has 4 aromatic rings. The minimum Gasteiger partial charge on any atom is -0.493 e. The van der Waals surface area contributed by atoms with Crippen molar-refractivity contribution in [3.63, 3.8) is 0 Å². The van der Waals surface area contributed by atoms with Crippen molar-refractivity contribution >= 4 is 21.9 Å². The van der Waals surface area contributed by atoms with Crippen LogP contribution < -0.4 is 15.2 Å². The number of methoxy groups -OCH3 is 2. The highest BCUT2D eigenvalue weighted by atomic mass is 16.5. The first-order chi connectivity index (χ1) is 14.6. The summed E-state index contributed by atoms with van der Waals surface area (Å²) in [7, 11) is 5.37. The zero-order valence-corrected chi connectivity index (χ0v) is 17.6. The van der Waals surface area contributed by atoms with Crippen molar-refractivity contribution in [1.29, 1.82) is 0 Å². The lowest BCUT2D eigenvalue weighted by Crippen LogP contribution is -2.49. The van der Waals surface area contributed by atoms with E-state index in [0.29, 0.717) is 5.92 Å². The SMILES string of the molecule is COc1cc2c(-c3cc4c(CN5CC(CN)C5)ccnc4[nH]3)cn(C)c2cc1OC. The normalized spacial score (nSPS) is 15.1. The summed E-state index contributed by atoms with van der Waals surface area (Å²) in [6.07, 6.45) is 4.02. The van der Waals surface area contributed by atoms with Crippen LogP contribution in [0.3, 0.4) is 0 Å². The molecule has 1 aliphatic rings. The minimum atomic E-state index is 0.631. The summed E-state index contributed by atoms with van der Waals surface area (Å²) in [5.74, 6) is 2.08. The third-order valence-corrected chi connectivity index (χ3v) is 6.17. The molecule has 3 aromatic heterocycles. The van der Waals surface area contributed by atoms with Gasteiger partial charge in [-0.3, -0.25) is 4.90 Å². The van der Waals surface area contributed by atoms with E-state index in [0.717, 1.165) is 65.5 Å². The Labute approximate surface area is 175 Å². The second kappa shape index (κ2) is 7.34. The molecule has 156 valence electrons. The van der Waals surface area contributed by atoms with Crippen LogP contribution in [0.15, 0.2) is 36.7 Å². The fourth-order valence-electron chi connectivity index (χ4n) is 4.48. The van der Waals surface area contributed by atoms with Crippen LogP contribution in [0.5, 0.6) is 11.5 Å². The highest BCUT2D eigenvalue weighted by molar-refractivity contribution is 5.99. The number of aromatic nitrogens is 3. The summed E-state index contributed by atoms with van der Waals surface area (Å²) in [6.45, 7) is 3.84.